The third kappa shape index (κ3) is 3.57. The van der Waals surface area contributed by atoms with E-state index in [1.54, 1.807) is 18.2 Å². The van der Waals surface area contributed by atoms with Crippen molar-refractivity contribution in [2.24, 2.45) is 0 Å². The Morgan fingerprint density at radius 1 is 1.15 bits per heavy atom. The molecule has 1 aliphatic carbocycles. The van der Waals surface area contributed by atoms with Gasteiger partial charge in [0, 0.05) is 5.69 Å². The van der Waals surface area contributed by atoms with E-state index < -0.39 is 5.41 Å². The van der Waals surface area contributed by atoms with Crippen LogP contribution in [-0.4, -0.2) is 12.5 Å². The lowest BCUT2D eigenvalue weighted by Crippen LogP contribution is -2.42. The zero-order valence-corrected chi connectivity index (χ0v) is 15.1. The highest BCUT2D eigenvalue weighted by atomic mass is 16.5. The quantitative estimate of drug-likeness (QED) is 0.844. The summed E-state index contributed by atoms with van der Waals surface area (Å²) in [4.78, 5) is 13.3. The van der Waals surface area contributed by atoms with E-state index in [0.717, 1.165) is 31.2 Å². The van der Waals surface area contributed by atoms with Crippen LogP contribution in [0, 0.1) is 11.3 Å². The molecule has 0 aromatic heterocycles. The second-order valence-corrected chi connectivity index (χ2v) is 6.72. The Kier molecular flexibility index (Phi) is 5.58. The molecule has 26 heavy (non-hydrogen) atoms. The van der Waals surface area contributed by atoms with Crippen LogP contribution in [0.2, 0.25) is 0 Å². The van der Waals surface area contributed by atoms with Gasteiger partial charge < -0.3 is 10.1 Å². The van der Waals surface area contributed by atoms with E-state index in [9.17, 15) is 10.1 Å². The maximum absolute atomic E-state index is 13.3. The van der Waals surface area contributed by atoms with Crippen molar-refractivity contribution in [2.45, 2.75) is 44.4 Å². The summed E-state index contributed by atoms with van der Waals surface area (Å²) < 4.78 is 5.46. The number of hydrogen-bond donors (Lipinski definition) is 1. The van der Waals surface area contributed by atoms with Gasteiger partial charge in [-0.3, -0.25) is 4.79 Å². The molecule has 4 nitrogen and oxygen atoms in total. The van der Waals surface area contributed by atoms with Crippen molar-refractivity contribution in [1.29, 1.82) is 5.26 Å². The fourth-order valence-electron chi connectivity index (χ4n) is 3.79. The minimum Gasteiger partial charge on any atom is -0.492 e. The monoisotopic (exact) mass is 348 g/mol. The number of amides is 1. The first-order chi connectivity index (χ1) is 12.7. The summed E-state index contributed by atoms with van der Waals surface area (Å²) >= 11 is 0. The predicted octanol–water partition coefficient (Wildman–Crippen LogP) is 4.80. The molecule has 1 saturated carbocycles. The molecule has 134 valence electrons. The van der Waals surface area contributed by atoms with Crippen molar-refractivity contribution in [1.82, 2.24) is 0 Å². The van der Waals surface area contributed by atoms with Crippen LogP contribution < -0.4 is 10.1 Å². The van der Waals surface area contributed by atoms with E-state index in [1.807, 2.05) is 37.3 Å². The Morgan fingerprint density at radius 3 is 2.54 bits per heavy atom. The third-order valence-corrected chi connectivity index (χ3v) is 5.13. The van der Waals surface area contributed by atoms with Crippen LogP contribution in [0.25, 0.3) is 0 Å². The Morgan fingerprint density at radius 2 is 1.88 bits per heavy atom. The van der Waals surface area contributed by atoms with Crippen LogP contribution in [0.5, 0.6) is 5.75 Å². The summed E-state index contributed by atoms with van der Waals surface area (Å²) in [6.07, 6.45) is 4.98. The topological polar surface area (TPSA) is 62.1 Å². The number of nitrogens with zero attached hydrogens (tertiary/aromatic N) is 1. The predicted molar refractivity (Wildman–Crippen MR) is 102 cm³/mol. The molecule has 0 atom stereocenters. The highest BCUT2D eigenvalue weighted by Gasteiger charge is 2.41. The zero-order chi connectivity index (χ0) is 18.4. The lowest BCUT2D eigenvalue weighted by molar-refractivity contribution is -0.122. The van der Waals surface area contributed by atoms with Crippen LogP contribution in [0.4, 0.5) is 5.69 Å². The molecule has 0 aliphatic heterocycles. The Balaban J connectivity index is 1.88. The lowest BCUT2D eigenvalue weighted by atomic mass is 9.68. The van der Waals surface area contributed by atoms with Gasteiger partial charge in [-0.1, -0.05) is 49.6 Å². The van der Waals surface area contributed by atoms with Gasteiger partial charge in [0.15, 0.2) is 0 Å². The average Bonchev–Trinajstić information content (AvgIpc) is 2.70. The lowest BCUT2D eigenvalue weighted by Gasteiger charge is -2.36. The standard InChI is InChI=1S/C22H24N2O2/c1-2-26-20-12-11-19(15-17(20)16-23)24-21(25)22(13-7-4-8-14-22)18-9-5-3-6-10-18/h3,5-6,9-12,15H,2,4,7-8,13-14H2,1H3,(H,24,25). The molecule has 0 saturated heterocycles. The van der Waals surface area contributed by atoms with Gasteiger partial charge in [0.25, 0.3) is 0 Å². The van der Waals surface area contributed by atoms with Crippen molar-refractivity contribution in [3.05, 3.63) is 59.7 Å². The summed E-state index contributed by atoms with van der Waals surface area (Å²) in [5.74, 6) is 0.555. The number of ether oxygens (including phenoxy) is 1. The van der Waals surface area contributed by atoms with Crippen molar-refractivity contribution in [3.63, 3.8) is 0 Å². The number of carbonyl (C=O) groups is 1. The van der Waals surface area contributed by atoms with Crippen LogP contribution >= 0.6 is 0 Å². The first kappa shape index (κ1) is 18.0. The normalized spacial score (nSPS) is 15.7. The minimum absolute atomic E-state index is 0.0106. The van der Waals surface area contributed by atoms with Crippen LogP contribution in [0.1, 0.15) is 50.2 Å². The van der Waals surface area contributed by atoms with Crippen LogP contribution in [-0.2, 0) is 10.2 Å². The Bertz CT molecular complexity index is 803. The van der Waals surface area contributed by atoms with Gasteiger partial charge >= 0.3 is 0 Å². The maximum atomic E-state index is 13.3. The van der Waals surface area contributed by atoms with Gasteiger partial charge in [0.2, 0.25) is 5.91 Å². The SMILES string of the molecule is CCOc1ccc(NC(=O)C2(c3ccccc3)CCCCC2)cc1C#N. The molecule has 0 radical (unpaired) electrons. The Hall–Kier alpha value is -2.80. The number of benzene rings is 2. The molecule has 0 bridgehead atoms. The molecule has 0 unspecified atom stereocenters. The molecule has 1 fully saturated rings. The molecule has 3 rings (SSSR count). The van der Waals surface area contributed by atoms with E-state index in [2.05, 4.69) is 11.4 Å². The minimum atomic E-state index is -0.495. The Labute approximate surface area is 154 Å². The largest absolute Gasteiger partial charge is 0.492 e. The number of anilines is 1. The van der Waals surface area contributed by atoms with E-state index in [0.29, 0.717) is 23.6 Å². The van der Waals surface area contributed by atoms with Crippen LogP contribution in [0.15, 0.2) is 48.5 Å². The smallest absolute Gasteiger partial charge is 0.235 e. The maximum Gasteiger partial charge on any atom is 0.235 e. The molecule has 1 N–H and O–H groups in total. The fourth-order valence-corrected chi connectivity index (χ4v) is 3.79. The summed E-state index contributed by atoms with van der Waals surface area (Å²) in [7, 11) is 0. The molecule has 4 heteroatoms. The summed E-state index contributed by atoms with van der Waals surface area (Å²) in [5, 5.41) is 12.4. The molecular formula is C22H24N2O2. The number of hydrogen-bond acceptors (Lipinski definition) is 3. The number of nitrogens with one attached hydrogen (secondary N) is 1. The molecular weight excluding hydrogens is 324 g/mol. The number of carbonyl (C=O) groups excluding carboxylic acids is 1. The van der Waals surface area contributed by atoms with Gasteiger partial charge in [-0.2, -0.15) is 5.26 Å². The first-order valence-electron chi connectivity index (χ1n) is 9.23. The molecule has 1 aliphatic rings. The molecule has 0 spiro atoms. The average molecular weight is 348 g/mol. The molecule has 0 heterocycles. The molecule has 2 aromatic carbocycles. The van der Waals surface area contributed by atoms with Gasteiger partial charge in [-0.05, 0) is 43.5 Å². The van der Waals surface area contributed by atoms with E-state index >= 15 is 0 Å². The van der Waals surface area contributed by atoms with Crippen molar-refractivity contribution in [3.8, 4) is 11.8 Å². The summed E-state index contributed by atoms with van der Waals surface area (Å²) in [6, 6.07) is 17.4. The number of nitriles is 1. The van der Waals surface area contributed by atoms with Gasteiger partial charge in [-0.15, -0.1) is 0 Å². The highest BCUT2D eigenvalue weighted by molar-refractivity contribution is 5.99. The summed E-state index contributed by atoms with van der Waals surface area (Å²) in [5.41, 5.74) is 1.65. The van der Waals surface area contributed by atoms with Crippen molar-refractivity contribution < 1.29 is 9.53 Å². The second-order valence-electron chi connectivity index (χ2n) is 6.72. The number of rotatable bonds is 5. The fraction of sp³-hybridized carbons (Fsp3) is 0.364. The second kappa shape index (κ2) is 8.05. The zero-order valence-electron chi connectivity index (χ0n) is 15.1. The van der Waals surface area contributed by atoms with Crippen LogP contribution in [0.3, 0.4) is 0 Å². The molecule has 1 amide bonds. The van der Waals surface area contributed by atoms with Gasteiger partial charge in [0.1, 0.15) is 11.8 Å². The van der Waals surface area contributed by atoms with Gasteiger partial charge in [-0.25, -0.2) is 0 Å². The van der Waals surface area contributed by atoms with Gasteiger partial charge in [0.05, 0.1) is 17.6 Å². The van der Waals surface area contributed by atoms with E-state index in [1.165, 1.54) is 6.42 Å². The third-order valence-electron chi connectivity index (χ3n) is 5.13. The van der Waals surface area contributed by atoms with E-state index in [4.69, 9.17) is 4.74 Å². The van der Waals surface area contributed by atoms with Crippen molar-refractivity contribution in [2.75, 3.05) is 11.9 Å². The first-order valence-corrected chi connectivity index (χ1v) is 9.23. The highest BCUT2D eigenvalue weighted by Crippen LogP contribution is 2.40. The van der Waals surface area contributed by atoms with Crippen molar-refractivity contribution >= 4 is 11.6 Å². The molecule has 2 aromatic rings. The summed E-state index contributed by atoms with van der Waals surface area (Å²) in [6.45, 7) is 2.38. The van der Waals surface area contributed by atoms with E-state index in [-0.39, 0.29) is 5.91 Å².